The first-order chi connectivity index (χ1) is 10.2. The monoisotopic (exact) mass is 289 g/mol. The Morgan fingerprint density at radius 1 is 1.33 bits per heavy atom. The molecule has 2 rings (SSSR count). The number of hydrogen-bond donors (Lipinski definition) is 0. The largest absolute Gasteiger partial charge is 0.465 e. The number of carbonyl (C=O) groups is 1. The molecule has 112 valence electrons. The van der Waals surface area contributed by atoms with Crippen molar-refractivity contribution >= 4 is 5.97 Å². The summed E-state index contributed by atoms with van der Waals surface area (Å²) >= 11 is 0. The van der Waals surface area contributed by atoms with Crippen LogP contribution in [0.25, 0.3) is 0 Å². The molecule has 0 amide bonds. The molecule has 0 aliphatic heterocycles. The summed E-state index contributed by atoms with van der Waals surface area (Å²) in [4.78, 5) is 20.2. The van der Waals surface area contributed by atoms with Gasteiger partial charge in [0.25, 0.3) is 0 Å². The molecular formula is C15H19N3O3. The standard InChI is InChI=1S/C15H19N3O3/c1-3-5-12(15(19)20-4-2)14-17-13(18-21-14)10-11-6-8-16-9-7-11/h6-9,12H,3-5,10H2,1-2H3. The number of aromatic nitrogens is 3. The van der Waals surface area contributed by atoms with Crippen LogP contribution in [0.1, 0.15) is 49.9 Å². The second-order valence-electron chi connectivity index (χ2n) is 4.67. The topological polar surface area (TPSA) is 78.1 Å². The molecular weight excluding hydrogens is 270 g/mol. The van der Waals surface area contributed by atoms with Crippen LogP contribution >= 0.6 is 0 Å². The predicted molar refractivity (Wildman–Crippen MR) is 75.6 cm³/mol. The molecule has 1 atom stereocenters. The van der Waals surface area contributed by atoms with Crippen molar-refractivity contribution in [3.05, 3.63) is 41.8 Å². The summed E-state index contributed by atoms with van der Waals surface area (Å²) in [6.45, 7) is 4.13. The Bertz CT molecular complexity index is 569. The van der Waals surface area contributed by atoms with E-state index < -0.39 is 5.92 Å². The lowest BCUT2D eigenvalue weighted by Gasteiger charge is -2.09. The van der Waals surface area contributed by atoms with Crippen molar-refractivity contribution in [2.24, 2.45) is 0 Å². The third kappa shape index (κ3) is 4.11. The first-order valence-electron chi connectivity index (χ1n) is 7.12. The van der Waals surface area contributed by atoms with Gasteiger partial charge in [-0.2, -0.15) is 4.98 Å². The molecule has 0 saturated carbocycles. The van der Waals surface area contributed by atoms with Gasteiger partial charge in [0.15, 0.2) is 5.82 Å². The minimum absolute atomic E-state index is 0.307. The molecule has 0 N–H and O–H groups in total. The van der Waals surface area contributed by atoms with Gasteiger partial charge in [0.2, 0.25) is 5.89 Å². The highest BCUT2D eigenvalue weighted by atomic mass is 16.5. The van der Waals surface area contributed by atoms with E-state index in [2.05, 4.69) is 15.1 Å². The number of nitrogens with zero attached hydrogens (tertiary/aromatic N) is 3. The van der Waals surface area contributed by atoms with Gasteiger partial charge in [-0.25, -0.2) is 0 Å². The Morgan fingerprint density at radius 3 is 2.76 bits per heavy atom. The zero-order valence-electron chi connectivity index (χ0n) is 12.3. The summed E-state index contributed by atoms with van der Waals surface area (Å²) in [6.07, 6.45) is 5.46. The molecule has 2 aromatic rings. The number of carbonyl (C=O) groups excluding carboxylic acids is 1. The maximum absolute atomic E-state index is 11.9. The lowest BCUT2D eigenvalue weighted by atomic mass is 10.0. The SMILES string of the molecule is CCCC(C(=O)OCC)c1nc(Cc2ccncc2)no1. The molecule has 0 aromatic carbocycles. The maximum atomic E-state index is 11.9. The van der Waals surface area contributed by atoms with E-state index in [1.807, 2.05) is 19.1 Å². The molecule has 0 spiro atoms. The van der Waals surface area contributed by atoms with Crippen LogP contribution in [-0.2, 0) is 16.0 Å². The summed E-state index contributed by atoms with van der Waals surface area (Å²) < 4.78 is 10.3. The van der Waals surface area contributed by atoms with E-state index in [-0.39, 0.29) is 5.97 Å². The highest BCUT2D eigenvalue weighted by Gasteiger charge is 2.27. The van der Waals surface area contributed by atoms with Crippen LogP contribution in [0, 0.1) is 0 Å². The summed E-state index contributed by atoms with van der Waals surface area (Å²) in [5, 5.41) is 3.94. The molecule has 0 radical (unpaired) electrons. The molecule has 0 aliphatic rings. The highest BCUT2D eigenvalue weighted by Crippen LogP contribution is 2.22. The van der Waals surface area contributed by atoms with Gasteiger partial charge < -0.3 is 9.26 Å². The molecule has 0 aliphatic carbocycles. The fraction of sp³-hybridized carbons (Fsp3) is 0.467. The number of ether oxygens (including phenoxy) is 1. The number of rotatable bonds is 7. The van der Waals surface area contributed by atoms with Crippen LogP contribution in [0.5, 0.6) is 0 Å². The Hall–Kier alpha value is -2.24. The third-order valence-electron chi connectivity index (χ3n) is 3.04. The van der Waals surface area contributed by atoms with Crippen molar-refractivity contribution < 1.29 is 14.1 Å². The first-order valence-corrected chi connectivity index (χ1v) is 7.12. The van der Waals surface area contributed by atoms with Crippen molar-refractivity contribution in [3.8, 4) is 0 Å². The van der Waals surface area contributed by atoms with Crippen molar-refractivity contribution in [2.45, 2.75) is 39.0 Å². The summed E-state index contributed by atoms with van der Waals surface area (Å²) in [5.41, 5.74) is 1.04. The van der Waals surface area contributed by atoms with Gasteiger partial charge in [0, 0.05) is 18.8 Å². The highest BCUT2D eigenvalue weighted by molar-refractivity contribution is 5.76. The second-order valence-corrected chi connectivity index (χ2v) is 4.67. The van der Waals surface area contributed by atoms with Crippen LogP contribution in [0.2, 0.25) is 0 Å². The number of hydrogen-bond acceptors (Lipinski definition) is 6. The van der Waals surface area contributed by atoms with Gasteiger partial charge in [-0.3, -0.25) is 9.78 Å². The minimum Gasteiger partial charge on any atom is -0.465 e. The fourth-order valence-corrected chi connectivity index (χ4v) is 2.04. The lowest BCUT2D eigenvalue weighted by Crippen LogP contribution is -2.16. The van der Waals surface area contributed by atoms with Gasteiger partial charge in [-0.15, -0.1) is 0 Å². The van der Waals surface area contributed by atoms with E-state index in [4.69, 9.17) is 9.26 Å². The molecule has 21 heavy (non-hydrogen) atoms. The Morgan fingerprint density at radius 2 is 2.10 bits per heavy atom. The van der Waals surface area contributed by atoms with Crippen molar-refractivity contribution in [1.82, 2.24) is 15.1 Å². The molecule has 0 fully saturated rings. The van der Waals surface area contributed by atoms with Crippen LogP contribution < -0.4 is 0 Å². The van der Waals surface area contributed by atoms with E-state index in [9.17, 15) is 4.79 Å². The van der Waals surface area contributed by atoms with E-state index in [0.717, 1.165) is 12.0 Å². The smallest absolute Gasteiger partial charge is 0.318 e. The lowest BCUT2D eigenvalue weighted by molar-refractivity contribution is -0.145. The molecule has 6 heteroatoms. The number of esters is 1. The molecule has 1 unspecified atom stereocenters. The van der Waals surface area contributed by atoms with Gasteiger partial charge >= 0.3 is 5.97 Å². The Labute approximate surface area is 123 Å². The van der Waals surface area contributed by atoms with E-state index in [1.165, 1.54) is 0 Å². The van der Waals surface area contributed by atoms with Crippen LogP contribution in [-0.4, -0.2) is 27.7 Å². The average molecular weight is 289 g/mol. The van der Waals surface area contributed by atoms with E-state index in [0.29, 0.717) is 31.2 Å². The third-order valence-corrected chi connectivity index (χ3v) is 3.04. The Balaban J connectivity index is 2.11. The van der Waals surface area contributed by atoms with Crippen LogP contribution in [0.3, 0.4) is 0 Å². The van der Waals surface area contributed by atoms with E-state index in [1.54, 1.807) is 19.3 Å². The summed E-state index contributed by atoms with van der Waals surface area (Å²) in [7, 11) is 0. The minimum atomic E-state index is -0.478. The second kappa shape index (κ2) is 7.52. The summed E-state index contributed by atoms with van der Waals surface area (Å²) in [5.74, 6) is 0.105. The van der Waals surface area contributed by atoms with Crippen LogP contribution in [0.15, 0.2) is 29.0 Å². The van der Waals surface area contributed by atoms with E-state index >= 15 is 0 Å². The normalized spacial score (nSPS) is 12.1. The average Bonchev–Trinajstić information content (AvgIpc) is 2.94. The quantitative estimate of drug-likeness (QED) is 0.729. The number of pyridine rings is 1. The molecule has 6 nitrogen and oxygen atoms in total. The van der Waals surface area contributed by atoms with Crippen molar-refractivity contribution in [1.29, 1.82) is 0 Å². The maximum Gasteiger partial charge on any atom is 0.318 e. The zero-order chi connectivity index (χ0) is 15.1. The molecule has 2 heterocycles. The first kappa shape index (κ1) is 15.2. The van der Waals surface area contributed by atoms with Gasteiger partial charge in [0.1, 0.15) is 5.92 Å². The molecule has 0 bridgehead atoms. The van der Waals surface area contributed by atoms with Gasteiger partial charge in [-0.1, -0.05) is 18.5 Å². The zero-order valence-corrected chi connectivity index (χ0v) is 12.3. The van der Waals surface area contributed by atoms with Crippen molar-refractivity contribution in [3.63, 3.8) is 0 Å². The fourth-order valence-electron chi connectivity index (χ4n) is 2.04. The van der Waals surface area contributed by atoms with Crippen LogP contribution in [0.4, 0.5) is 0 Å². The predicted octanol–water partition coefficient (Wildman–Crippen LogP) is 2.50. The summed E-state index contributed by atoms with van der Waals surface area (Å²) in [6, 6.07) is 3.79. The Kier molecular flexibility index (Phi) is 5.43. The van der Waals surface area contributed by atoms with Gasteiger partial charge in [0.05, 0.1) is 6.61 Å². The van der Waals surface area contributed by atoms with Gasteiger partial charge in [-0.05, 0) is 31.0 Å². The molecule has 2 aromatic heterocycles. The molecule has 0 saturated heterocycles. The van der Waals surface area contributed by atoms with Crippen molar-refractivity contribution in [2.75, 3.05) is 6.61 Å².